The van der Waals surface area contributed by atoms with E-state index in [0.29, 0.717) is 38.3 Å². The summed E-state index contributed by atoms with van der Waals surface area (Å²) in [4.78, 5) is 22.9. The van der Waals surface area contributed by atoms with Crippen molar-refractivity contribution in [1.82, 2.24) is 20.8 Å². The van der Waals surface area contributed by atoms with Crippen LogP contribution in [0, 0.1) is 6.92 Å². The van der Waals surface area contributed by atoms with Gasteiger partial charge in [0.05, 0.1) is 19.8 Å². The van der Waals surface area contributed by atoms with Gasteiger partial charge in [0.1, 0.15) is 36.2 Å². The van der Waals surface area contributed by atoms with Crippen molar-refractivity contribution in [2.45, 2.75) is 82.7 Å². The summed E-state index contributed by atoms with van der Waals surface area (Å²) in [5, 5.41) is 61.9. The van der Waals surface area contributed by atoms with Gasteiger partial charge in [-0.3, -0.25) is 14.7 Å². The number of amides is 2. The normalized spacial score (nSPS) is 22.5. The van der Waals surface area contributed by atoms with Crippen LogP contribution in [0.25, 0.3) is 0 Å². The van der Waals surface area contributed by atoms with Crippen molar-refractivity contribution in [3.05, 3.63) is 40.6 Å². The molecule has 0 aliphatic carbocycles. The van der Waals surface area contributed by atoms with Crippen molar-refractivity contribution in [3.63, 3.8) is 0 Å². The van der Waals surface area contributed by atoms with E-state index in [1.54, 1.807) is 0 Å². The van der Waals surface area contributed by atoms with Crippen molar-refractivity contribution in [3.8, 4) is 11.6 Å². The number of ether oxygens (including phenoxy) is 3. The number of nitrogens with zero attached hydrogens (tertiary/aromatic N) is 1. The zero-order valence-electron chi connectivity index (χ0n) is 25.2. The number of hydrogen-bond donors (Lipinski definition) is 9. The van der Waals surface area contributed by atoms with Gasteiger partial charge in [0.2, 0.25) is 24.0 Å². The summed E-state index contributed by atoms with van der Waals surface area (Å²) in [6.07, 6.45) is -5.79. The highest BCUT2D eigenvalue weighted by Crippen LogP contribution is 2.32. The molecule has 3 rings (SSSR count). The molecule has 10 N–H and O–H groups in total. The summed E-state index contributed by atoms with van der Waals surface area (Å²) < 4.78 is 17.3. The monoisotopic (exact) mass is 623 g/mol. The number of primary amides is 1. The molecular formula is C29H45N5O10. The van der Waals surface area contributed by atoms with Gasteiger partial charge in [0.25, 0.3) is 0 Å². The molecule has 44 heavy (non-hydrogen) atoms. The fourth-order valence-electron chi connectivity index (χ4n) is 4.72. The maximum absolute atomic E-state index is 11.8. The minimum Gasteiger partial charge on any atom is -0.494 e. The van der Waals surface area contributed by atoms with Crippen LogP contribution in [0.5, 0.6) is 11.6 Å². The SMILES string of the molecule is Cc1cc(OCCCNCCC(=O)N[C@@H](CO)C(N)=O)ccc1Cc1c(OC2OC(CO)[C@@H](O)C(O)[C@H]2O)n[nH]c1C(C)C. The van der Waals surface area contributed by atoms with E-state index < -0.39 is 55.9 Å². The predicted octanol–water partition coefficient (Wildman–Crippen LogP) is -1.68. The molecule has 246 valence electrons. The molecule has 2 heterocycles. The lowest BCUT2D eigenvalue weighted by Crippen LogP contribution is -2.60. The number of aromatic nitrogens is 2. The molecule has 1 aliphatic rings. The first-order valence-corrected chi connectivity index (χ1v) is 14.6. The number of nitrogens with two attached hydrogens (primary N) is 1. The molecule has 6 atom stereocenters. The number of hydrogen-bond acceptors (Lipinski definition) is 12. The Balaban J connectivity index is 1.53. The number of aliphatic hydroxyl groups is 5. The molecule has 2 amide bonds. The van der Waals surface area contributed by atoms with E-state index in [9.17, 15) is 30.0 Å². The van der Waals surface area contributed by atoms with E-state index in [2.05, 4.69) is 20.8 Å². The average Bonchev–Trinajstić information content (AvgIpc) is 3.38. The van der Waals surface area contributed by atoms with E-state index in [-0.39, 0.29) is 24.1 Å². The molecule has 0 spiro atoms. The molecule has 1 fully saturated rings. The van der Waals surface area contributed by atoms with Crippen LogP contribution in [0.1, 0.15) is 55.0 Å². The molecule has 3 unspecified atom stereocenters. The zero-order chi connectivity index (χ0) is 32.4. The Hall–Kier alpha value is -3.31. The fraction of sp³-hybridized carbons (Fsp3) is 0.621. The predicted molar refractivity (Wildman–Crippen MR) is 157 cm³/mol. The summed E-state index contributed by atoms with van der Waals surface area (Å²) in [6, 6.07) is 4.65. The number of benzene rings is 1. The molecule has 0 saturated carbocycles. The van der Waals surface area contributed by atoms with Crippen molar-refractivity contribution < 1.29 is 49.3 Å². The maximum atomic E-state index is 11.8. The van der Waals surface area contributed by atoms with Crippen LogP contribution in [0.3, 0.4) is 0 Å². The highest BCUT2D eigenvalue weighted by atomic mass is 16.7. The summed E-state index contributed by atoms with van der Waals surface area (Å²) in [6.45, 7) is 6.30. The van der Waals surface area contributed by atoms with Gasteiger partial charge in [-0.05, 0) is 49.1 Å². The molecule has 15 nitrogen and oxygen atoms in total. The van der Waals surface area contributed by atoms with Crippen molar-refractivity contribution in [2.75, 3.05) is 32.9 Å². The average molecular weight is 624 g/mol. The number of aromatic amines is 1. The second-order valence-electron chi connectivity index (χ2n) is 11.1. The summed E-state index contributed by atoms with van der Waals surface area (Å²) in [7, 11) is 0. The van der Waals surface area contributed by atoms with Gasteiger partial charge in [-0.2, -0.15) is 0 Å². The molecule has 0 bridgehead atoms. The quantitative estimate of drug-likeness (QED) is 0.0898. The Morgan fingerprint density at radius 3 is 2.52 bits per heavy atom. The highest BCUT2D eigenvalue weighted by Gasteiger charge is 2.45. The third kappa shape index (κ3) is 9.34. The number of nitrogens with one attached hydrogen (secondary N) is 3. The van der Waals surface area contributed by atoms with E-state index in [0.717, 1.165) is 22.4 Å². The third-order valence-electron chi connectivity index (χ3n) is 7.35. The summed E-state index contributed by atoms with van der Waals surface area (Å²) in [5.74, 6) is -0.222. The molecule has 1 aliphatic heterocycles. The Labute approximate surface area is 255 Å². The van der Waals surface area contributed by atoms with Crippen LogP contribution >= 0.6 is 0 Å². The molecular weight excluding hydrogens is 578 g/mol. The van der Waals surface area contributed by atoms with Crippen molar-refractivity contribution in [1.29, 1.82) is 0 Å². The Bertz CT molecular complexity index is 1220. The maximum Gasteiger partial charge on any atom is 0.242 e. The smallest absolute Gasteiger partial charge is 0.242 e. The van der Waals surface area contributed by atoms with Crippen molar-refractivity contribution in [2.24, 2.45) is 5.73 Å². The first kappa shape index (κ1) is 35.2. The topological polar surface area (TPSA) is 242 Å². The fourth-order valence-corrected chi connectivity index (χ4v) is 4.72. The number of carbonyl (C=O) groups is 2. The third-order valence-corrected chi connectivity index (χ3v) is 7.35. The van der Waals surface area contributed by atoms with Crippen LogP contribution in [-0.4, -0.2) is 117 Å². The molecule has 15 heteroatoms. The van der Waals surface area contributed by atoms with Gasteiger partial charge >= 0.3 is 0 Å². The van der Waals surface area contributed by atoms with Gasteiger partial charge < -0.3 is 56.1 Å². The van der Waals surface area contributed by atoms with E-state index >= 15 is 0 Å². The first-order valence-electron chi connectivity index (χ1n) is 14.6. The lowest BCUT2D eigenvalue weighted by molar-refractivity contribution is -0.278. The lowest BCUT2D eigenvalue weighted by atomic mass is 9.96. The second-order valence-corrected chi connectivity index (χ2v) is 11.1. The molecule has 1 aromatic heterocycles. The molecule has 0 radical (unpaired) electrons. The summed E-state index contributed by atoms with van der Waals surface area (Å²) >= 11 is 0. The van der Waals surface area contributed by atoms with Gasteiger partial charge in [-0.15, -0.1) is 5.10 Å². The van der Waals surface area contributed by atoms with Gasteiger partial charge in [0, 0.05) is 30.6 Å². The highest BCUT2D eigenvalue weighted by molar-refractivity contribution is 5.86. The summed E-state index contributed by atoms with van der Waals surface area (Å²) in [5.41, 5.74) is 8.62. The number of H-pyrrole nitrogens is 1. The van der Waals surface area contributed by atoms with Crippen LogP contribution in [0.4, 0.5) is 0 Å². The van der Waals surface area contributed by atoms with Crippen LogP contribution in [0.2, 0.25) is 0 Å². The second kappa shape index (κ2) is 16.7. The first-order chi connectivity index (χ1) is 21.0. The Morgan fingerprint density at radius 2 is 1.89 bits per heavy atom. The van der Waals surface area contributed by atoms with Crippen LogP contribution in [0.15, 0.2) is 18.2 Å². The lowest BCUT2D eigenvalue weighted by Gasteiger charge is -2.39. The van der Waals surface area contributed by atoms with Gasteiger partial charge in [-0.25, -0.2) is 0 Å². The van der Waals surface area contributed by atoms with E-state index in [4.69, 9.17) is 25.1 Å². The van der Waals surface area contributed by atoms with Gasteiger partial charge in [0.15, 0.2) is 0 Å². The van der Waals surface area contributed by atoms with E-state index in [1.807, 2.05) is 39.0 Å². The molecule has 1 aromatic carbocycles. The molecule has 1 saturated heterocycles. The molecule has 2 aromatic rings. The van der Waals surface area contributed by atoms with Crippen molar-refractivity contribution >= 4 is 11.8 Å². The Morgan fingerprint density at radius 1 is 1.14 bits per heavy atom. The zero-order valence-corrected chi connectivity index (χ0v) is 25.2. The minimum absolute atomic E-state index is 0.0724. The number of rotatable bonds is 17. The number of carbonyl (C=O) groups excluding carboxylic acids is 2. The largest absolute Gasteiger partial charge is 0.494 e. The van der Waals surface area contributed by atoms with E-state index in [1.165, 1.54) is 0 Å². The van der Waals surface area contributed by atoms with Gasteiger partial charge in [-0.1, -0.05) is 19.9 Å². The van der Waals surface area contributed by atoms with Crippen LogP contribution < -0.4 is 25.8 Å². The number of aliphatic hydroxyl groups excluding tert-OH is 5. The standard InChI is InChI=1S/C29H45N5O10/c1-15(2)23-19(28(34-33-23)44-29-26(40)25(39)24(38)21(14-36)43-29)12-17-5-6-18(11-16(17)3)42-10-4-8-31-9-7-22(37)32-20(13-35)27(30)41/h5-6,11,15,20-21,24-26,29,31,35-36,38-40H,4,7-10,12-14H2,1-3H3,(H2,30,41)(H,32,37)(H,33,34)/t20-,21?,24+,25?,26+,29?/m0/s1. The number of aryl methyl sites for hydroxylation is 1. The van der Waals surface area contributed by atoms with Crippen LogP contribution in [-0.2, 0) is 20.7 Å². The minimum atomic E-state index is -1.56. The Kier molecular flexibility index (Phi) is 13.3.